The third-order valence-corrected chi connectivity index (χ3v) is 5.58. The number of esters is 2. The van der Waals surface area contributed by atoms with E-state index in [0.29, 0.717) is 16.3 Å². The van der Waals surface area contributed by atoms with Crippen LogP contribution in [-0.4, -0.2) is 40.3 Å². The van der Waals surface area contributed by atoms with Gasteiger partial charge in [0.2, 0.25) is 0 Å². The number of benzene rings is 2. The molecule has 0 saturated heterocycles. The van der Waals surface area contributed by atoms with Crippen LogP contribution in [0.1, 0.15) is 11.5 Å². The zero-order valence-corrected chi connectivity index (χ0v) is 19.4. The molecule has 0 spiro atoms. The minimum absolute atomic E-state index is 0.0203. The number of allylic oxidation sites excluding steroid dienone is 1. The smallest absolute Gasteiger partial charge is 0.355 e. The number of nitriles is 1. The Morgan fingerprint density at radius 3 is 2.24 bits per heavy atom. The molecule has 0 aromatic heterocycles. The van der Waals surface area contributed by atoms with E-state index in [0.717, 1.165) is 5.69 Å². The Bertz CT molecular complexity index is 1200. The van der Waals surface area contributed by atoms with E-state index < -0.39 is 17.9 Å². The molecule has 2 N–H and O–H groups in total. The second-order valence-electron chi connectivity index (χ2n) is 7.37. The number of hydrogen-bond donors (Lipinski definition) is 1. The van der Waals surface area contributed by atoms with E-state index in [-0.39, 0.29) is 22.7 Å². The Labute approximate surface area is 197 Å². The Kier molecular flexibility index (Phi) is 6.95. The number of nitrogens with two attached hydrogens (primary N) is 1. The van der Waals surface area contributed by atoms with Crippen molar-refractivity contribution in [1.29, 1.82) is 5.26 Å². The lowest BCUT2D eigenvalue weighted by Gasteiger charge is -2.36. The van der Waals surface area contributed by atoms with Crippen LogP contribution in [0.15, 0.2) is 71.2 Å². The number of carbonyl (C=O) groups is 2. The summed E-state index contributed by atoms with van der Waals surface area (Å²) < 4.78 is 10.0. The minimum Gasteiger partial charge on any atom is -0.466 e. The van der Waals surface area contributed by atoms with E-state index in [9.17, 15) is 14.9 Å². The number of nitrogens with zero attached hydrogens (tertiary/aromatic N) is 3. The van der Waals surface area contributed by atoms with Crippen molar-refractivity contribution in [1.82, 2.24) is 0 Å². The van der Waals surface area contributed by atoms with E-state index >= 15 is 0 Å². The first-order valence-electron chi connectivity index (χ1n) is 9.89. The maximum absolute atomic E-state index is 13.0. The molecule has 170 valence electrons. The predicted molar refractivity (Wildman–Crippen MR) is 125 cm³/mol. The number of halogens is 1. The highest BCUT2D eigenvalue weighted by molar-refractivity contribution is 6.33. The number of methoxy groups -OCH3 is 2. The summed E-state index contributed by atoms with van der Waals surface area (Å²) in [4.78, 5) is 29.2. The normalized spacial score (nSPS) is 15.8. The van der Waals surface area contributed by atoms with Gasteiger partial charge in [-0.1, -0.05) is 41.9 Å². The molecule has 1 unspecified atom stereocenters. The van der Waals surface area contributed by atoms with Crippen LogP contribution in [0.2, 0.25) is 5.02 Å². The van der Waals surface area contributed by atoms with Gasteiger partial charge in [-0.3, -0.25) is 4.90 Å². The Morgan fingerprint density at radius 1 is 1.09 bits per heavy atom. The number of ether oxygens (including phenoxy) is 2. The van der Waals surface area contributed by atoms with Crippen molar-refractivity contribution in [2.24, 2.45) is 5.73 Å². The first-order valence-corrected chi connectivity index (χ1v) is 10.3. The molecule has 9 heteroatoms. The highest BCUT2D eigenvalue weighted by Gasteiger charge is 2.43. The molecular formula is C24H23ClN4O4. The quantitative estimate of drug-likeness (QED) is 0.668. The molecule has 0 bridgehead atoms. The van der Waals surface area contributed by atoms with Gasteiger partial charge in [0.25, 0.3) is 0 Å². The molecule has 0 amide bonds. The van der Waals surface area contributed by atoms with Crippen molar-refractivity contribution in [3.05, 3.63) is 81.8 Å². The van der Waals surface area contributed by atoms with E-state index in [1.54, 1.807) is 48.5 Å². The summed E-state index contributed by atoms with van der Waals surface area (Å²) in [5, 5.41) is 10.4. The maximum atomic E-state index is 13.0. The summed E-state index contributed by atoms with van der Waals surface area (Å²) in [6.45, 7) is 0. The standard InChI is InChI=1S/C24H23ClN4O4/c1-28(2)18-11-10-15(12-17(18)25)29-21(24(31)33-4)20(23(30)32-3)19(16(13-26)22(29)27)14-8-6-5-7-9-14/h5-12,19H,27H2,1-4H3. The number of rotatable bonds is 5. The lowest BCUT2D eigenvalue weighted by atomic mass is 9.81. The van der Waals surface area contributed by atoms with Crippen molar-refractivity contribution < 1.29 is 19.1 Å². The van der Waals surface area contributed by atoms with Crippen LogP contribution in [0.4, 0.5) is 11.4 Å². The molecular weight excluding hydrogens is 444 g/mol. The summed E-state index contributed by atoms with van der Waals surface area (Å²) in [6, 6.07) is 15.9. The number of anilines is 2. The molecule has 2 aromatic rings. The average Bonchev–Trinajstić information content (AvgIpc) is 2.82. The van der Waals surface area contributed by atoms with Crippen molar-refractivity contribution >= 4 is 34.9 Å². The topological polar surface area (TPSA) is 109 Å². The minimum atomic E-state index is -0.925. The van der Waals surface area contributed by atoms with Crippen LogP contribution in [0, 0.1) is 11.3 Å². The summed E-state index contributed by atoms with van der Waals surface area (Å²) >= 11 is 6.46. The van der Waals surface area contributed by atoms with Gasteiger partial charge in [-0.25, -0.2) is 9.59 Å². The van der Waals surface area contributed by atoms with Gasteiger partial charge in [0.15, 0.2) is 0 Å². The van der Waals surface area contributed by atoms with Crippen LogP contribution in [-0.2, 0) is 19.1 Å². The molecule has 0 radical (unpaired) electrons. The lowest BCUT2D eigenvalue weighted by molar-refractivity contribution is -0.139. The first-order chi connectivity index (χ1) is 15.8. The van der Waals surface area contributed by atoms with Gasteiger partial charge in [0, 0.05) is 19.8 Å². The highest BCUT2D eigenvalue weighted by Crippen LogP contribution is 2.44. The average molecular weight is 467 g/mol. The van der Waals surface area contributed by atoms with Crippen LogP contribution in [0.25, 0.3) is 0 Å². The van der Waals surface area contributed by atoms with E-state index in [1.165, 1.54) is 19.1 Å². The van der Waals surface area contributed by atoms with Crippen molar-refractivity contribution in [3.63, 3.8) is 0 Å². The molecule has 2 aromatic carbocycles. The van der Waals surface area contributed by atoms with Gasteiger partial charge in [-0.2, -0.15) is 5.26 Å². The fraction of sp³-hybridized carbons (Fsp3) is 0.208. The van der Waals surface area contributed by atoms with Crippen molar-refractivity contribution in [2.75, 3.05) is 38.1 Å². The van der Waals surface area contributed by atoms with Gasteiger partial charge < -0.3 is 20.1 Å². The Hall–Kier alpha value is -3.96. The summed E-state index contributed by atoms with van der Waals surface area (Å²) in [6.07, 6.45) is 0. The van der Waals surface area contributed by atoms with E-state index in [2.05, 4.69) is 6.07 Å². The van der Waals surface area contributed by atoms with Gasteiger partial charge in [0.05, 0.1) is 48.1 Å². The highest BCUT2D eigenvalue weighted by atomic mass is 35.5. The molecule has 1 aliphatic heterocycles. The zero-order valence-electron chi connectivity index (χ0n) is 18.6. The first kappa shape index (κ1) is 23.7. The fourth-order valence-electron chi connectivity index (χ4n) is 3.78. The Balaban J connectivity index is 2.39. The molecule has 0 saturated carbocycles. The Morgan fingerprint density at radius 2 is 1.73 bits per heavy atom. The lowest BCUT2D eigenvalue weighted by Crippen LogP contribution is -2.40. The second-order valence-corrected chi connectivity index (χ2v) is 7.77. The van der Waals surface area contributed by atoms with Crippen molar-refractivity contribution in [2.45, 2.75) is 5.92 Å². The fourth-order valence-corrected chi connectivity index (χ4v) is 4.12. The molecule has 1 heterocycles. The molecule has 1 aliphatic rings. The SMILES string of the molecule is COC(=O)C1=C(C(=O)OC)N(c2ccc(N(C)C)c(Cl)c2)C(N)=C(C#N)C1c1ccccc1. The van der Waals surface area contributed by atoms with Gasteiger partial charge in [0.1, 0.15) is 11.5 Å². The molecule has 0 aliphatic carbocycles. The summed E-state index contributed by atoms with van der Waals surface area (Å²) in [7, 11) is 6.07. The van der Waals surface area contributed by atoms with Gasteiger partial charge >= 0.3 is 11.9 Å². The van der Waals surface area contributed by atoms with Gasteiger partial charge in [-0.15, -0.1) is 0 Å². The van der Waals surface area contributed by atoms with Crippen molar-refractivity contribution in [3.8, 4) is 6.07 Å². The predicted octanol–water partition coefficient (Wildman–Crippen LogP) is 3.30. The molecule has 3 rings (SSSR count). The number of hydrogen-bond acceptors (Lipinski definition) is 8. The monoisotopic (exact) mass is 466 g/mol. The van der Waals surface area contributed by atoms with Gasteiger partial charge in [-0.05, 0) is 23.8 Å². The van der Waals surface area contributed by atoms with Crippen LogP contribution < -0.4 is 15.5 Å². The van der Waals surface area contributed by atoms with E-state index in [1.807, 2.05) is 19.0 Å². The summed E-state index contributed by atoms with van der Waals surface area (Å²) in [5.74, 6) is -2.55. The third kappa shape index (κ3) is 4.23. The molecule has 0 fully saturated rings. The maximum Gasteiger partial charge on any atom is 0.355 e. The molecule has 33 heavy (non-hydrogen) atoms. The van der Waals surface area contributed by atoms with E-state index in [4.69, 9.17) is 26.8 Å². The van der Waals surface area contributed by atoms with Crippen LogP contribution >= 0.6 is 11.6 Å². The van der Waals surface area contributed by atoms with Crippen LogP contribution in [0.3, 0.4) is 0 Å². The third-order valence-electron chi connectivity index (χ3n) is 5.28. The molecule has 1 atom stereocenters. The number of carbonyl (C=O) groups excluding carboxylic acids is 2. The summed E-state index contributed by atoms with van der Waals surface area (Å²) in [5.41, 5.74) is 8.05. The van der Waals surface area contributed by atoms with Crippen LogP contribution in [0.5, 0.6) is 0 Å². The molecule has 8 nitrogen and oxygen atoms in total. The largest absolute Gasteiger partial charge is 0.466 e. The zero-order chi connectivity index (χ0) is 24.3. The second kappa shape index (κ2) is 9.67.